The molecule has 5 N–H and O–H groups in total. The van der Waals surface area contributed by atoms with Crippen molar-refractivity contribution in [1.82, 2.24) is 19.5 Å². The fourth-order valence-electron chi connectivity index (χ4n) is 5.47. The van der Waals surface area contributed by atoms with Gasteiger partial charge in [0.15, 0.2) is 29.3 Å². The van der Waals surface area contributed by atoms with Gasteiger partial charge in [-0.05, 0) is 78.9 Å². The number of hydrogen-bond donors (Lipinski definition) is 3. The molecule has 0 saturated heterocycles. The van der Waals surface area contributed by atoms with Crippen LogP contribution in [0.5, 0.6) is 11.5 Å². The van der Waals surface area contributed by atoms with E-state index in [0.717, 1.165) is 52.3 Å². The third-order valence-corrected chi connectivity index (χ3v) is 7.73. The summed E-state index contributed by atoms with van der Waals surface area (Å²) in [5.41, 5.74) is 19.7. The Hall–Kier alpha value is -6.03. The van der Waals surface area contributed by atoms with Crippen LogP contribution >= 0.6 is 0 Å². The number of carbonyl (C=O) groups excluding carboxylic acids is 2. The minimum Gasteiger partial charge on any atom is -0.504 e. The van der Waals surface area contributed by atoms with Gasteiger partial charge >= 0.3 is 0 Å². The van der Waals surface area contributed by atoms with Gasteiger partial charge in [-0.3, -0.25) is 14.2 Å². The number of fused-ring (bicyclic) bond motifs is 2. The number of phenols is 1. The summed E-state index contributed by atoms with van der Waals surface area (Å²) in [5, 5.41) is 9.39. The Morgan fingerprint density at radius 3 is 2.49 bits per heavy atom. The Labute approximate surface area is 259 Å². The molecule has 0 radical (unpaired) electrons. The molecule has 0 atom stereocenters. The van der Waals surface area contributed by atoms with Crippen molar-refractivity contribution in [2.24, 2.45) is 5.73 Å². The van der Waals surface area contributed by atoms with Crippen LogP contribution in [0.25, 0.3) is 39.5 Å². The first kappa shape index (κ1) is 29.1. The van der Waals surface area contributed by atoms with Gasteiger partial charge in [0.25, 0.3) is 0 Å². The van der Waals surface area contributed by atoms with Gasteiger partial charge in [0.1, 0.15) is 11.3 Å². The third-order valence-electron chi connectivity index (χ3n) is 7.73. The van der Waals surface area contributed by atoms with Crippen molar-refractivity contribution in [3.8, 4) is 39.8 Å². The minimum absolute atomic E-state index is 0.0295. The summed E-state index contributed by atoms with van der Waals surface area (Å²) in [5.74, 6) is 0.280. The number of nitrogens with zero attached hydrogens (tertiary/aromatic N) is 4. The Balaban J connectivity index is 0.000000216. The fraction of sp³-hybridized carbons (Fsp3) is 0.114. The number of aromatic nitrogens is 4. The number of aryl methyl sites for hydroxylation is 2. The quantitative estimate of drug-likeness (QED) is 0.211. The lowest BCUT2D eigenvalue weighted by Gasteiger charge is -2.12. The molecule has 0 unspecified atom stereocenters. The molecule has 0 saturated carbocycles. The van der Waals surface area contributed by atoms with Gasteiger partial charge in [0.2, 0.25) is 5.91 Å². The second-order valence-corrected chi connectivity index (χ2v) is 10.5. The number of benzene rings is 3. The molecule has 1 aliphatic carbocycles. The van der Waals surface area contributed by atoms with Crippen LogP contribution in [0.3, 0.4) is 0 Å². The van der Waals surface area contributed by atoms with E-state index in [0.29, 0.717) is 12.1 Å². The number of aromatic hydroxyl groups is 1. The van der Waals surface area contributed by atoms with Crippen molar-refractivity contribution in [2.75, 3.05) is 12.8 Å². The SMILES string of the molecule is COc1cc(C(N)=O)cc(C=O)c1O.Nc1ncccc1-c1nc2ccc(-c3ccccc3)nc2n1-c1ccc2c(c1)CCC2. The second-order valence-electron chi connectivity index (χ2n) is 10.5. The molecule has 10 heteroatoms. The highest BCUT2D eigenvalue weighted by Crippen LogP contribution is 2.34. The van der Waals surface area contributed by atoms with Crippen LogP contribution in [0.2, 0.25) is 0 Å². The summed E-state index contributed by atoms with van der Waals surface area (Å²) in [6.07, 6.45) is 5.60. The number of imidazole rings is 1. The topological polar surface area (TPSA) is 159 Å². The first-order chi connectivity index (χ1) is 21.9. The number of aldehydes is 1. The van der Waals surface area contributed by atoms with Gasteiger partial charge in [-0.1, -0.05) is 36.4 Å². The molecule has 224 valence electrons. The maximum absolute atomic E-state index is 10.8. The molecule has 3 heterocycles. The molecule has 6 aromatic rings. The number of nitrogens with two attached hydrogens (primary N) is 2. The zero-order valence-electron chi connectivity index (χ0n) is 24.5. The lowest BCUT2D eigenvalue weighted by molar-refractivity contribution is 0.1000. The number of nitrogen functional groups attached to an aromatic ring is 1. The number of rotatable bonds is 6. The minimum atomic E-state index is -0.689. The van der Waals surface area contributed by atoms with E-state index >= 15 is 0 Å². The number of anilines is 1. The Morgan fingerprint density at radius 1 is 0.956 bits per heavy atom. The highest BCUT2D eigenvalue weighted by molar-refractivity contribution is 5.96. The Bertz CT molecular complexity index is 2060. The Kier molecular flexibility index (Phi) is 7.94. The van der Waals surface area contributed by atoms with Crippen LogP contribution in [-0.2, 0) is 12.8 Å². The van der Waals surface area contributed by atoms with Crippen molar-refractivity contribution in [3.63, 3.8) is 0 Å². The Morgan fingerprint density at radius 2 is 1.76 bits per heavy atom. The van der Waals surface area contributed by atoms with Crippen molar-refractivity contribution < 1.29 is 19.4 Å². The van der Waals surface area contributed by atoms with Gasteiger partial charge in [0.05, 0.1) is 23.9 Å². The molecule has 3 aromatic carbocycles. The molecular formula is C35H30N6O4. The molecule has 10 nitrogen and oxygen atoms in total. The zero-order valence-corrected chi connectivity index (χ0v) is 24.5. The van der Waals surface area contributed by atoms with Crippen LogP contribution in [-0.4, -0.2) is 43.9 Å². The number of pyridine rings is 2. The largest absolute Gasteiger partial charge is 0.504 e. The number of hydrogen-bond acceptors (Lipinski definition) is 8. The van der Waals surface area contributed by atoms with Crippen LogP contribution in [0.4, 0.5) is 5.82 Å². The van der Waals surface area contributed by atoms with E-state index in [9.17, 15) is 14.7 Å². The normalized spacial score (nSPS) is 11.8. The zero-order chi connectivity index (χ0) is 31.5. The van der Waals surface area contributed by atoms with Crippen molar-refractivity contribution in [2.45, 2.75) is 19.3 Å². The summed E-state index contributed by atoms with van der Waals surface area (Å²) < 4.78 is 6.88. The molecule has 3 aromatic heterocycles. The molecule has 0 bridgehead atoms. The standard InChI is InChI=1S/C26H21N5.C9H9NO4/c27-24-21(10-5-15-28-24)25-30-23-14-13-22(18-6-2-1-3-7-18)29-26(23)31(25)20-12-11-17-8-4-9-19(17)16-20;1-14-7-3-5(9(10)13)2-6(4-11)8(7)12/h1-3,5-7,10-16H,4,8-9H2,(H2,27,28);2-4,12H,1H3,(H2,10,13). The van der Waals surface area contributed by atoms with Crippen LogP contribution in [0, 0.1) is 0 Å². The van der Waals surface area contributed by atoms with E-state index in [1.54, 1.807) is 6.20 Å². The van der Waals surface area contributed by atoms with E-state index in [1.807, 2.05) is 42.5 Å². The van der Waals surface area contributed by atoms with Gasteiger partial charge < -0.3 is 21.3 Å². The molecule has 7 rings (SSSR count). The van der Waals surface area contributed by atoms with Crippen LogP contribution in [0.1, 0.15) is 38.3 Å². The van der Waals surface area contributed by atoms with Crippen molar-refractivity contribution >= 4 is 29.2 Å². The van der Waals surface area contributed by atoms with Gasteiger partial charge in [-0.2, -0.15) is 0 Å². The summed E-state index contributed by atoms with van der Waals surface area (Å²) in [6, 6.07) is 27.3. The number of carbonyl (C=O) groups is 2. The summed E-state index contributed by atoms with van der Waals surface area (Å²) in [7, 11) is 1.31. The van der Waals surface area contributed by atoms with Gasteiger partial charge in [-0.15, -0.1) is 0 Å². The average Bonchev–Trinajstić information content (AvgIpc) is 3.69. The molecule has 0 fully saturated rings. The van der Waals surface area contributed by atoms with Crippen molar-refractivity contribution in [1.29, 1.82) is 0 Å². The van der Waals surface area contributed by atoms with Gasteiger partial charge in [0, 0.05) is 23.0 Å². The van der Waals surface area contributed by atoms with E-state index < -0.39 is 5.91 Å². The molecule has 0 spiro atoms. The van der Waals surface area contributed by atoms with Crippen molar-refractivity contribution in [3.05, 3.63) is 113 Å². The highest BCUT2D eigenvalue weighted by Gasteiger charge is 2.20. The monoisotopic (exact) mass is 598 g/mol. The molecule has 1 aliphatic rings. The van der Waals surface area contributed by atoms with Gasteiger partial charge in [-0.25, -0.2) is 15.0 Å². The fourth-order valence-corrected chi connectivity index (χ4v) is 5.47. The first-order valence-electron chi connectivity index (χ1n) is 14.3. The molecule has 45 heavy (non-hydrogen) atoms. The van der Waals surface area contributed by atoms with E-state index in [1.165, 1.54) is 36.8 Å². The maximum atomic E-state index is 10.8. The molecule has 1 amide bonds. The number of ether oxygens (including phenoxy) is 1. The second kappa shape index (κ2) is 12.3. The number of methoxy groups -OCH3 is 1. The molecular weight excluding hydrogens is 568 g/mol. The summed E-state index contributed by atoms with van der Waals surface area (Å²) in [4.78, 5) is 35.6. The predicted octanol–water partition coefficient (Wildman–Crippen LogP) is 5.53. The first-order valence-corrected chi connectivity index (χ1v) is 14.3. The summed E-state index contributed by atoms with van der Waals surface area (Å²) >= 11 is 0. The number of amides is 1. The predicted molar refractivity (Wildman–Crippen MR) is 173 cm³/mol. The van der Waals surface area contributed by atoms with E-state index in [4.69, 9.17) is 26.2 Å². The number of primary amides is 1. The van der Waals surface area contributed by atoms with E-state index in [-0.39, 0.29) is 22.6 Å². The maximum Gasteiger partial charge on any atom is 0.248 e. The average molecular weight is 599 g/mol. The smallest absolute Gasteiger partial charge is 0.248 e. The number of phenolic OH excluding ortho intramolecular Hbond substituents is 1. The summed E-state index contributed by atoms with van der Waals surface area (Å²) in [6.45, 7) is 0. The lowest BCUT2D eigenvalue weighted by Crippen LogP contribution is -2.11. The lowest BCUT2D eigenvalue weighted by atomic mass is 10.1. The highest BCUT2D eigenvalue weighted by atomic mass is 16.5. The van der Waals surface area contributed by atoms with Crippen LogP contribution < -0.4 is 16.2 Å². The van der Waals surface area contributed by atoms with E-state index in [2.05, 4.69) is 39.9 Å². The van der Waals surface area contributed by atoms with Crippen LogP contribution in [0.15, 0.2) is 91.1 Å². The third kappa shape index (κ3) is 5.68. The molecule has 0 aliphatic heterocycles.